The first kappa shape index (κ1) is 20.6. The second kappa shape index (κ2) is 10.8. The van der Waals surface area contributed by atoms with Crippen LogP contribution in [-0.2, 0) is 0 Å². The molecule has 0 spiro atoms. The van der Waals surface area contributed by atoms with Gasteiger partial charge in [-0.2, -0.15) is 0 Å². The maximum absolute atomic E-state index is 9.29. The van der Waals surface area contributed by atoms with Crippen LogP contribution in [0.5, 0.6) is 0 Å². The lowest BCUT2D eigenvalue weighted by atomic mass is 10.1. The van der Waals surface area contributed by atoms with E-state index in [1.54, 1.807) is 4.57 Å². The second-order valence-corrected chi connectivity index (χ2v) is 12.7. The number of aromatic nitrogens is 3. The normalized spacial score (nSPS) is 14.4. The standard InChI is InChI=1S/C48H31N3/c1-2-12-32(13-3-1)33-22-24-34(25-23-33)49-46-21-11-7-17-40(46)42-30-35(27-29-47(42)49)51-45-20-10-6-16-39(45)41-28-26-36(31-48(41)51)50-43-18-8-4-14-37(43)38-15-5-9-19-44(38)50/h1-31H/i1D,2D,3D,12D,13D,22D,23D,24D,25D. The molecule has 11 rings (SSSR count). The average molecular weight is 659 g/mol. The van der Waals surface area contributed by atoms with E-state index in [2.05, 4.69) is 94.1 Å². The number of rotatable bonds is 4. The van der Waals surface area contributed by atoms with Gasteiger partial charge in [-0.1, -0.05) is 121 Å². The van der Waals surface area contributed by atoms with Crippen molar-refractivity contribution in [3.05, 3.63) is 188 Å². The van der Waals surface area contributed by atoms with Crippen molar-refractivity contribution in [1.82, 2.24) is 13.7 Å². The molecule has 3 nitrogen and oxygen atoms in total. The van der Waals surface area contributed by atoms with Gasteiger partial charge in [-0.05, 0) is 77.8 Å². The smallest absolute Gasteiger partial charge is 0.0645 e. The van der Waals surface area contributed by atoms with E-state index >= 15 is 0 Å². The summed E-state index contributed by atoms with van der Waals surface area (Å²) in [4.78, 5) is 0. The van der Waals surface area contributed by atoms with Crippen LogP contribution < -0.4 is 0 Å². The molecule has 0 saturated carbocycles. The van der Waals surface area contributed by atoms with E-state index in [4.69, 9.17) is 9.60 Å². The Hall–Kier alpha value is -6.84. The van der Waals surface area contributed by atoms with Crippen LogP contribution in [-0.4, -0.2) is 13.7 Å². The van der Waals surface area contributed by atoms with Crippen LogP contribution in [0, 0.1) is 0 Å². The van der Waals surface area contributed by atoms with Crippen molar-refractivity contribution >= 4 is 65.4 Å². The monoisotopic (exact) mass is 658 g/mol. The van der Waals surface area contributed by atoms with Crippen LogP contribution in [0.15, 0.2) is 188 Å². The van der Waals surface area contributed by atoms with Gasteiger partial charge in [0.25, 0.3) is 0 Å². The molecule has 0 radical (unpaired) electrons. The van der Waals surface area contributed by atoms with E-state index in [0.29, 0.717) is 11.0 Å². The molecule has 0 amide bonds. The lowest BCUT2D eigenvalue weighted by Gasteiger charge is -2.12. The maximum Gasteiger partial charge on any atom is 0.0645 e. The Kier molecular flexibility index (Phi) is 4.38. The fraction of sp³-hybridized carbons (Fsp3) is 0. The molecule has 0 atom stereocenters. The number of benzene rings is 8. The molecule has 0 bridgehead atoms. The molecular formula is C48H31N3. The summed E-state index contributed by atoms with van der Waals surface area (Å²) >= 11 is 0. The first-order valence-corrected chi connectivity index (χ1v) is 16.8. The molecule has 3 heteroatoms. The Morgan fingerprint density at radius 2 is 0.706 bits per heavy atom. The molecule has 0 saturated heterocycles. The van der Waals surface area contributed by atoms with Gasteiger partial charge in [0, 0.05) is 49.4 Å². The predicted molar refractivity (Wildman–Crippen MR) is 215 cm³/mol. The summed E-state index contributed by atoms with van der Waals surface area (Å²) in [5, 5.41) is 6.24. The lowest BCUT2D eigenvalue weighted by Crippen LogP contribution is -1.97. The van der Waals surface area contributed by atoms with E-state index in [9.17, 15) is 2.74 Å². The summed E-state index contributed by atoms with van der Waals surface area (Å²) in [6, 6.07) is 40.7. The second-order valence-electron chi connectivity index (χ2n) is 12.7. The van der Waals surface area contributed by atoms with Gasteiger partial charge in [0.2, 0.25) is 0 Å². The Labute approximate surface area is 307 Å². The molecular weight excluding hydrogens is 619 g/mol. The third-order valence-electron chi connectivity index (χ3n) is 10.00. The Morgan fingerprint density at radius 1 is 0.294 bits per heavy atom. The van der Waals surface area contributed by atoms with Crippen molar-refractivity contribution in [3.63, 3.8) is 0 Å². The molecule has 0 aliphatic carbocycles. The zero-order valence-corrected chi connectivity index (χ0v) is 27.0. The van der Waals surface area contributed by atoms with Crippen LogP contribution in [0.4, 0.5) is 0 Å². The van der Waals surface area contributed by atoms with Crippen molar-refractivity contribution in [1.29, 1.82) is 0 Å². The summed E-state index contributed by atoms with van der Waals surface area (Å²) in [7, 11) is 0. The SMILES string of the molecule is [2H]c1c([2H])c([2H])c(-c2c([2H])c([2H])c(-n3c4ccccc4c4cc(-n5c6ccccc6c6ccc(-n7c8ccccc8c8ccccc87)cc65)ccc43)c([2H])c2[2H])c([2H])c1[2H]. The Balaban J connectivity index is 1.15. The lowest BCUT2D eigenvalue weighted by molar-refractivity contribution is 1.15. The molecule has 51 heavy (non-hydrogen) atoms. The first-order chi connectivity index (χ1) is 29.1. The van der Waals surface area contributed by atoms with Gasteiger partial charge in [0.05, 0.1) is 45.4 Å². The van der Waals surface area contributed by atoms with Crippen molar-refractivity contribution < 1.29 is 12.3 Å². The van der Waals surface area contributed by atoms with Gasteiger partial charge in [-0.3, -0.25) is 0 Å². The third kappa shape index (κ3) is 4.12. The highest BCUT2D eigenvalue weighted by atomic mass is 15.0. The number of hydrogen-bond donors (Lipinski definition) is 0. The highest BCUT2D eigenvalue weighted by Crippen LogP contribution is 2.39. The van der Waals surface area contributed by atoms with Crippen molar-refractivity contribution in [3.8, 4) is 28.2 Å². The van der Waals surface area contributed by atoms with E-state index < -0.39 is 54.4 Å². The minimum atomic E-state index is -0.615. The molecule has 11 aromatic rings. The highest BCUT2D eigenvalue weighted by Gasteiger charge is 2.18. The van der Waals surface area contributed by atoms with Gasteiger partial charge in [-0.15, -0.1) is 0 Å². The van der Waals surface area contributed by atoms with Gasteiger partial charge in [-0.25, -0.2) is 0 Å². The number of nitrogens with zero attached hydrogens (tertiary/aromatic N) is 3. The number of hydrogen-bond acceptors (Lipinski definition) is 0. The van der Waals surface area contributed by atoms with E-state index in [-0.39, 0.29) is 16.8 Å². The van der Waals surface area contributed by atoms with Crippen LogP contribution >= 0.6 is 0 Å². The molecule has 0 unspecified atom stereocenters. The van der Waals surface area contributed by atoms with Crippen LogP contribution in [0.25, 0.3) is 93.6 Å². The molecule has 0 aliphatic heterocycles. The number of para-hydroxylation sites is 4. The summed E-state index contributed by atoms with van der Waals surface area (Å²) in [6.45, 7) is 0. The van der Waals surface area contributed by atoms with Gasteiger partial charge < -0.3 is 13.7 Å². The van der Waals surface area contributed by atoms with Crippen molar-refractivity contribution in [2.24, 2.45) is 0 Å². The van der Waals surface area contributed by atoms with Gasteiger partial charge in [0.1, 0.15) is 0 Å². The van der Waals surface area contributed by atoms with Crippen LogP contribution in [0.1, 0.15) is 12.3 Å². The van der Waals surface area contributed by atoms with E-state index in [0.717, 1.165) is 55.0 Å². The van der Waals surface area contributed by atoms with E-state index in [1.807, 2.05) is 48.5 Å². The quantitative estimate of drug-likeness (QED) is 0.179. The summed E-state index contributed by atoms with van der Waals surface area (Å²) in [5.74, 6) is 0. The summed E-state index contributed by atoms with van der Waals surface area (Å²) in [5.41, 5.74) is 6.79. The van der Waals surface area contributed by atoms with Crippen LogP contribution in [0.3, 0.4) is 0 Å². The molecule has 238 valence electrons. The Bertz CT molecular complexity index is 3560. The summed E-state index contributed by atoms with van der Waals surface area (Å²) < 4.78 is 84.6. The van der Waals surface area contributed by atoms with E-state index in [1.165, 1.54) is 10.8 Å². The summed E-state index contributed by atoms with van der Waals surface area (Å²) in [6.07, 6.45) is 0. The molecule has 3 heterocycles. The fourth-order valence-electron chi connectivity index (χ4n) is 7.84. The zero-order chi connectivity index (χ0) is 41.3. The average Bonchev–Trinajstić information content (AvgIpc) is 3.91. The molecule has 8 aromatic carbocycles. The van der Waals surface area contributed by atoms with Crippen molar-refractivity contribution in [2.75, 3.05) is 0 Å². The van der Waals surface area contributed by atoms with Gasteiger partial charge >= 0.3 is 0 Å². The number of fused-ring (bicyclic) bond motifs is 9. The molecule has 0 aliphatic rings. The maximum atomic E-state index is 9.29. The largest absolute Gasteiger partial charge is 0.309 e. The third-order valence-corrected chi connectivity index (χ3v) is 10.00. The minimum absolute atomic E-state index is 0.00671. The molecule has 0 N–H and O–H groups in total. The minimum Gasteiger partial charge on any atom is -0.309 e. The fourth-order valence-corrected chi connectivity index (χ4v) is 7.84. The topological polar surface area (TPSA) is 14.8 Å². The van der Waals surface area contributed by atoms with Crippen LogP contribution in [0.2, 0.25) is 0 Å². The first-order valence-electron chi connectivity index (χ1n) is 21.3. The predicted octanol–water partition coefficient (Wildman–Crippen LogP) is 12.6. The zero-order valence-electron chi connectivity index (χ0n) is 36.0. The Morgan fingerprint density at radius 3 is 1.29 bits per heavy atom. The molecule has 0 fully saturated rings. The van der Waals surface area contributed by atoms with Crippen molar-refractivity contribution in [2.45, 2.75) is 0 Å². The highest BCUT2D eigenvalue weighted by molar-refractivity contribution is 6.13. The molecule has 3 aromatic heterocycles. The van der Waals surface area contributed by atoms with Gasteiger partial charge in [0.15, 0.2) is 0 Å².